The molecule has 5 nitrogen and oxygen atoms in total. The Morgan fingerprint density at radius 1 is 1.25 bits per heavy atom. The summed E-state index contributed by atoms with van der Waals surface area (Å²) in [4.78, 5) is 0. The minimum atomic E-state index is -3.38. The van der Waals surface area contributed by atoms with E-state index in [-0.39, 0.29) is 0 Å². The molecule has 0 saturated carbocycles. The van der Waals surface area contributed by atoms with Gasteiger partial charge in [-0.3, -0.25) is 9.03 Å². The maximum atomic E-state index is 11.8. The third-order valence-corrected chi connectivity index (χ3v) is 3.95. The third kappa shape index (κ3) is 1.98. The zero-order valence-electron chi connectivity index (χ0n) is 8.89. The molecule has 0 fully saturated rings. The highest BCUT2D eigenvalue weighted by atomic mass is 32.2. The van der Waals surface area contributed by atoms with Crippen molar-refractivity contribution in [3.63, 3.8) is 0 Å². The van der Waals surface area contributed by atoms with Gasteiger partial charge >= 0.3 is 10.2 Å². The normalized spacial score (nSPS) is 16.9. The monoisotopic (exact) mass is 241 g/mol. The molecule has 1 aliphatic heterocycles. The van der Waals surface area contributed by atoms with Gasteiger partial charge in [-0.25, -0.2) is 0 Å². The smallest absolute Gasteiger partial charge is 0.324 e. The molecule has 0 aromatic heterocycles. The number of rotatable bonds is 4. The number of nitrogens with one attached hydrogen (secondary N) is 1. The van der Waals surface area contributed by atoms with Crippen LogP contribution in [0.4, 0.5) is 11.4 Å². The van der Waals surface area contributed by atoms with Gasteiger partial charge < -0.3 is 5.73 Å². The average molecular weight is 241 g/mol. The standard InChI is InChI=1S/C10H15N3O2S/c11-7-3-4-8-13-10-6-2-1-5-9(10)12-16(13,14)15/h1-2,5-6,12H,3-4,7-8,11H2. The van der Waals surface area contributed by atoms with Crippen LogP contribution in [0.2, 0.25) is 0 Å². The van der Waals surface area contributed by atoms with E-state index < -0.39 is 10.2 Å². The number of anilines is 2. The molecule has 0 aliphatic carbocycles. The Morgan fingerprint density at radius 2 is 2.00 bits per heavy atom. The van der Waals surface area contributed by atoms with E-state index in [1.54, 1.807) is 12.1 Å². The minimum Gasteiger partial charge on any atom is -0.330 e. The number of nitrogens with zero attached hydrogens (tertiary/aromatic N) is 1. The van der Waals surface area contributed by atoms with Gasteiger partial charge in [0, 0.05) is 6.54 Å². The second-order valence-electron chi connectivity index (χ2n) is 3.69. The summed E-state index contributed by atoms with van der Waals surface area (Å²) >= 11 is 0. The van der Waals surface area contributed by atoms with Gasteiger partial charge in [0.25, 0.3) is 0 Å². The first kappa shape index (κ1) is 11.2. The van der Waals surface area contributed by atoms with E-state index >= 15 is 0 Å². The maximum absolute atomic E-state index is 11.8. The predicted octanol–water partition coefficient (Wildman–Crippen LogP) is 0.902. The fraction of sp³-hybridized carbons (Fsp3) is 0.400. The topological polar surface area (TPSA) is 75.4 Å². The second kappa shape index (κ2) is 4.31. The molecule has 1 heterocycles. The highest BCUT2D eigenvalue weighted by Gasteiger charge is 2.31. The lowest BCUT2D eigenvalue weighted by Crippen LogP contribution is -2.31. The van der Waals surface area contributed by atoms with Gasteiger partial charge in [0.05, 0.1) is 11.4 Å². The van der Waals surface area contributed by atoms with Crippen LogP contribution in [0.5, 0.6) is 0 Å². The molecular formula is C10H15N3O2S. The van der Waals surface area contributed by atoms with Crippen LogP contribution < -0.4 is 14.8 Å². The zero-order valence-corrected chi connectivity index (χ0v) is 9.70. The summed E-state index contributed by atoms with van der Waals surface area (Å²) in [6, 6.07) is 7.20. The summed E-state index contributed by atoms with van der Waals surface area (Å²) in [5.74, 6) is 0. The molecular weight excluding hydrogens is 226 g/mol. The van der Waals surface area contributed by atoms with E-state index in [0.29, 0.717) is 18.8 Å². The number of unbranched alkanes of at least 4 members (excludes halogenated alkanes) is 1. The lowest BCUT2D eigenvalue weighted by molar-refractivity contribution is 0.595. The molecule has 0 unspecified atom stereocenters. The van der Waals surface area contributed by atoms with Crippen molar-refractivity contribution in [2.24, 2.45) is 5.73 Å². The Balaban J connectivity index is 2.22. The lowest BCUT2D eigenvalue weighted by Gasteiger charge is -2.16. The number of hydrogen-bond acceptors (Lipinski definition) is 3. The van der Waals surface area contributed by atoms with Gasteiger partial charge in [-0.15, -0.1) is 0 Å². The Hall–Kier alpha value is -1.27. The van der Waals surface area contributed by atoms with Crippen LogP contribution in [0.15, 0.2) is 24.3 Å². The largest absolute Gasteiger partial charge is 0.330 e. The second-order valence-corrected chi connectivity index (χ2v) is 5.29. The van der Waals surface area contributed by atoms with E-state index in [4.69, 9.17) is 5.73 Å². The molecule has 0 spiro atoms. The molecule has 1 aromatic rings. The molecule has 3 N–H and O–H groups in total. The molecule has 2 rings (SSSR count). The first-order valence-electron chi connectivity index (χ1n) is 5.25. The number of fused-ring (bicyclic) bond motifs is 1. The van der Waals surface area contributed by atoms with Crippen molar-refractivity contribution in [2.45, 2.75) is 12.8 Å². The molecule has 0 saturated heterocycles. The van der Waals surface area contributed by atoms with Gasteiger partial charge in [0.1, 0.15) is 0 Å². The summed E-state index contributed by atoms with van der Waals surface area (Å²) in [6.45, 7) is 1.06. The highest BCUT2D eigenvalue weighted by molar-refractivity contribution is 7.94. The highest BCUT2D eigenvalue weighted by Crippen LogP contribution is 2.35. The van der Waals surface area contributed by atoms with Crippen LogP contribution in [-0.2, 0) is 10.2 Å². The Bertz CT molecular complexity index is 473. The van der Waals surface area contributed by atoms with Crippen molar-refractivity contribution in [3.8, 4) is 0 Å². The molecule has 6 heteroatoms. The van der Waals surface area contributed by atoms with Crippen LogP contribution in [0.3, 0.4) is 0 Å². The number of hydrogen-bond donors (Lipinski definition) is 2. The van der Waals surface area contributed by atoms with Crippen molar-refractivity contribution < 1.29 is 8.42 Å². The van der Waals surface area contributed by atoms with Crippen LogP contribution in [0.25, 0.3) is 0 Å². The summed E-state index contributed by atoms with van der Waals surface area (Å²) in [5.41, 5.74) is 6.76. The van der Waals surface area contributed by atoms with Gasteiger partial charge in [-0.05, 0) is 31.5 Å². The fourth-order valence-corrected chi connectivity index (χ4v) is 3.09. The minimum absolute atomic E-state index is 0.476. The SMILES string of the molecule is NCCCCN1c2ccccc2NS1(=O)=O. The third-order valence-electron chi connectivity index (χ3n) is 2.52. The first-order chi connectivity index (χ1) is 7.65. The first-order valence-corrected chi connectivity index (χ1v) is 6.69. The van der Waals surface area contributed by atoms with Crippen LogP contribution in [0.1, 0.15) is 12.8 Å². The van der Waals surface area contributed by atoms with E-state index in [2.05, 4.69) is 4.72 Å². The van der Waals surface area contributed by atoms with E-state index in [0.717, 1.165) is 18.5 Å². The van der Waals surface area contributed by atoms with Crippen LogP contribution in [0, 0.1) is 0 Å². The van der Waals surface area contributed by atoms with E-state index in [1.165, 1.54) is 4.31 Å². The lowest BCUT2D eigenvalue weighted by atomic mass is 10.2. The predicted molar refractivity (Wildman–Crippen MR) is 64.6 cm³/mol. The molecule has 88 valence electrons. The van der Waals surface area contributed by atoms with Crippen LogP contribution >= 0.6 is 0 Å². The molecule has 16 heavy (non-hydrogen) atoms. The van der Waals surface area contributed by atoms with Crippen molar-refractivity contribution in [3.05, 3.63) is 24.3 Å². The summed E-state index contributed by atoms with van der Waals surface area (Å²) in [6.07, 6.45) is 1.60. The molecule has 1 aliphatic rings. The van der Waals surface area contributed by atoms with Gasteiger partial charge in [0.2, 0.25) is 0 Å². The van der Waals surface area contributed by atoms with Crippen molar-refractivity contribution >= 4 is 21.6 Å². The molecule has 0 amide bonds. The van der Waals surface area contributed by atoms with Gasteiger partial charge in [-0.1, -0.05) is 12.1 Å². The molecule has 0 atom stereocenters. The van der Waals surface area contributed by atoms with Crippen molar-refractivity contribution in [2.75, 3.05) is 22.1 Å². The number of nitrogens with two attached hydrogens (primary N) is 1. The Morgan fingerprint density at radius 3 is 2.75 bits per heavy atom. The maximum Gasteiger partial charge on any atom is 0.324 e. The van der Waals surface area contributed by atoms with Crippen molar-refractivity contribution in [1.82, 2.24) is 0 Å². The van der Waals surface area contributed by atoms with E-state index in [9.17, 15) is 8.42 Å². The fourth-order valence-electron chi connectivity index (χ4n) is 1.74. The zero-order chi connectivity index (χ0) is 11.6. The van der Waals surface area contributed by atoms with E-state index in [1.807, 2.05) is 12.1 Å². The van der Waals surface area contributed by atoms with Gasteiger partial charge in [-0.2, -0.15) is 8.42 Å². The van der Waals surface area contributed by atoms with Crippen molar-refractivity contribution in [1.29, 1.82) is 0 Å². The summed E-state index contributed by atoms with van der Waals surface area (Å²) in [5, 5.41) is 0. The number of para-hydroxylation sites is 2. The van der Waals surface area contributed by atoms with Gasteiger partial charge in [0.15, 0.2) is 0 Å². The molecule has 0 bridgehead atoms. The quantitative estimate of drug-likeness (QED) is 0.769. The Labute approximate surface area is 95.4 Å². The Kier molecular flexibility index (Phi) is 3.02. The number of benzene rings is 1. The summed E-state index contributed by atoms with van der Waals surface area (Å²) in [7, 11) is -3.38. The molecule has 0 radical (unpaired) electrons. The van der Waals surface area contributed by atoms with Crippen LogP contribution in [-0.4, -0.2) is 21.5 Å². The molecule has 1 aromatic carbocycles. The average Bonchev–Trinajstić information content (AvgIpc) is 2.50. The summed E-state index contributed by atoms with van der Waals surface area (Å²) < 4.78 is 27.5.